The first-order chi connectivity index (χ1) is 14.7. The molecule has 6 rings (SSSR count). The van der Waals surface area contributed by atoms with Gasteiger partial charge in [-0.1, -0.05) is 30.3 Å². The Labute approximate surface area is 172 Å². The topological polar surface area (TPSA) is 80.3 Å². The molecule has 2 N–H and O–H groups in total. The lowest BCUT2D eigenvalue weighted by Gasteiger charge is -2.36. The van der Waals surface area contributed by atoms with Crippen LogP contribution in [-0.4, -0.2) is 20.4 Å². The molecule has 2 aliphatic rings. The summed E-state index contributed by atoms with van der Waals surface area (Å²) in [4.78, 5) is 18.2. The highest BCUT2D eigenvalue weighted by Gasteiger charge is 2.40. The van der Waals surface area contributed by atoms with E-state index in [2.05, 4.69) is 5.32 Å². The summed E-state index contributed by atoms with van der Waals surface area (Å²) in [6, 6.07) is 18.4. The maximum atomic E-state index is 13.4. The van der Waals surface area contributed by atoms with Crippen LogP contribution in [0.15, 0.2) is 82.6 Å². The van der Waals surface area contributed by atoms with Gasteiger partial charge in [-0.3, -0.25) is 9.36 Å². The van der Waals surface area contributed by atoms with Gasteiger partial charge in [0, 0.05) is 29.2 Å². The van der Waals surface area contributed by atoms with Gasteiger partial charge in [-0.15, -0.1) is 0 Å². The van der Waals surface area contributed by atoms with Gasteiger partial charge in [0.05, 0.1) is 23.3 Å². The standard InChI is InChI=1S/C24H19N3O3/c28-19-9-4-1-6-15(19)23-22-17(12-14(13-20(22)29)21-10-5-11-30-21)26-24-25-16-7-2-3-8-18(16)27(23)24/h1-11,14,23,28H,12-13H2,(H,25,26)/t14-,23+/m1/s1. The molecule has 30 heavy (non-hydrogen) atoms. The molecular weight excluding hydrogens is 378 g/mol. The number of ketones is 1. The third-order valence-corrected chi connectivity index (χ3v) is 6.07. The normalized spacial score (nSPS) is 20.7. The van der Waals surface area contributed by atoms with Crippen LogP contribution in [0, 0.1) is 0 Å². The molecule has 0 bridgehead atoms. The molecule has 3 heterocycles. The lowest BCUT2D eigenvalue weighted by molar-refractivity contribution is -0.116. The summed E-state index contributed by atoms with van der Waals surface area (Å²) in [5.74, 6) is 1.70. The van der Waals surface area contributed by atoms with Crippen molar-refractivity contribution in [3.63, 3.8) is 0 Å². The number of para-hydroxylation sites is 3. The van der Waals surface area contributed by atoms with E-state index >= 15 is 0 Å². The van der Waals surface area contributed by atoms with Crippen LogP contribution in [-0.2, 0) is 4.79 Å². The van der Waals surface area contributed by atoms with E-state index in [9.17, 15) is 9.90 Å². The fourth-order valence-electron chi connectivity index (χ4n) is 4.76. The Kier molecular flexibility index (Phi) is 3.62. The van der Waals surface area contributed by atoms with Gasteiger partial charge in [-0.05, 0) is 36.8 Å². The molecule has 0 amide bonds. The summed E-state index contributed by atoms with van der Waals surface area (Å²) in [6.07, 6.45) is 2.67. The summed E-state index contributed by atoms with van der Waals surface area (Å²) in [5.41, 5.74) is 4.00. The number of nitrogens with zero attached hydrogens (tertiary/aromatic N) is 2. The van der Waals surface area contributed by atoms with Crippen LogP contribution >= 0.6 is 0 Å². The van der Waals surface area contributed by atoms with Gasteiger partial charge in [0.25, 0.3) is 0 Å². The number of aromatic hydroxyl groups is 1. The van der Waals surface area contributed by atoms with Crippen LogP contribution in [0.2, 0.25) is 0 Å². The van der Waals surface area contributed by atoms with E-state index in [1.807, 2.05) is 53.1 Å². The number of rotatable bonds is 2. The first-order valence-corrected chi connectivity index (χ1v) is 10.0. The van der Waals surface area contributed by atoms with Crippen LogP contribution in [0.4, 0.5) is 5.95 Å². The van der Waals surface area contributed by atoms with Gasteiger partial charge >= 0.3 is 0 Å². The van der Waals surface area contributed by atoms with Crippen LogP contribution in [0.25, 0.3) is 11.0 Å². The molecule has 6 heteroatoms. The minimum absolute atomic E-state index is 0.0142. The Balaban J connectivity index is 1.58. The van der Waals surface area contributed by atoms with Crippen molar-refractivity contribution < 1.29 is 14.3 Å². The number of fused-ring (bicyclic) bond motifs is 3. The molecule has 4 aromatic rings. The fraction of sp³-hybridized carbons (Fsp3) is 0.167. The minimum atomic E-state index is -0.435. The fourth-order valence-corrected chi connectivity index (χ4v) is 4.76. The Morgan fingerprint density at radius 2 is 1.87 bits per heavy atom. The van der Waals surface area contributed by atoms with Crippen LogP contribution in [0.3, 0.4) is 0 Å². The van der Waals surface area contributed by atoms with Crippen molar-refractivity contribution in [1.29, 1.82) is 0 Å². The van der Waals surface area contributed by atoms with Crippen molar-refractivity contribution in [2.75, 3.05) is 5.32 Å². The zero-order chi connectivity index (χ0) is 20.2. The zero-order valence-corrected chi connectivity index (χ0v) is 16.1. The molecule has 2 aromatic carbocycles. The van der Waals surface area contributed by atoms with E-state index in [0.717, 1.165) is 22.5 Å². The molecule has 0 saturated carbocycles. The second-order valence-corrected chi connectivity index (χ2v) is 7.82. The molecule has 0 unspecified atom stereocenters. The van der Waals surface area contributed by atoms with E-state index in [4.69, 9.17) is 9.40 Å². The van der Waals surface area contributed by atoms with Gasteiger partial charge in [0.15, 0.2) is 5.78 Å². The largest absolute Gasteiger partial charge is 0.508 e. The van der Waals surface area contributed by atoms with Crippen molar-refractivity contribution in [2.45, 2.75) is 24.8 Å². The van der Waals surface area contributed by atoms with Crippen LogP contribution < -0.4 is 5.32 Å². The predicted octanol–water partition coefficient (Wildman–Crippen LogP) is 4.75. The number of phenols is 1. The highest BCUT2D eigenvalue weighted by Crippen LogP contribution is 2.47. The van der Waals surface area contributed by atoms with E-state index in [1.54, 1.807) is 18.4 Å². The number of imidazole rings is 1. The lowest BCUT2D eigenvalue weighted by Crippen LogP contribution is -2.33. The number of Topliss-reactive ketones (excluding diaryl/α,β-unsaturated/α-hetero) is 1. The number of phenolic OH excluding ortho intramolecular Hbond substituents is 1. The van der Waals surface area contributed by atoms with Crippen molar-refractivity contribution in [2.24, 2.45) is 0 Å². The monoisotopic (exact) mass is 397 g/mol. The molecular formula is C24H19N3O3. The number of carbonyl (C=O) groups excluding carboxylic acids is 1. The Morgan fingerprint density at radius 1 is 1.03 bits per heavy atom. The molecule has 0 fully saturated rings. The summed E-state index contributed by atoms with van der Waals surface area (Å²) < 4.78 is 7.61. The SMILES string of the molecule is O=C1C[C@H](c2ccco2)CC2=C1[C@H](c1ccccc1O)n1c(nc3ccccc31)N2. The molecule has 2 aromatic heterocycles. The Morgan fingerprint density at radius 3 is 2.70 bits per heavy atom. The number of hydrogen-bond acceptors (Lipinski definition) is 5. The Bertz CT molecular complexity index is 1320. The van der Waals surface area contributed by atoms with Gasteiger partial charge in [0.2, 0.25) is 5.95 Å². The predicted molar refractivity (Wildman–Crippen MR) is 112 cm³/mol. The maximum absolute atomic E-state index is 13.4. The summed E-state index contributed by atoms with van der Waals surface area (Å²) in [6.45, 7) is 0. The number of aromatic nitrogens is 2. The molecule has 2 atom stereocenters. The van der Waals surface area contributed by atoms with Crippen molar-refractivity contribution in [3.8, 4) is 5.75 Å². The van der Waals surface area contributed by atoms with Gasteiger partial charge in [-0.25, -0.2) is 4.98 Å². The molecule has 6 nitrogen and oxygen atoms in total. The van der Waals surface area contributed by atoms with Gasteiger partial charge in [0.1, 0.15) is 11.5 Å². The second-order valence-electron chi connectivity index (χ2n) is 7.82. The maximum Gasteiger partial charge on any atom is 0.209 e. The first-order valence-electron chi connectivity index (χ1n) is 10.0. The molecule has 0 saturated heterocycles. The number of hydrogen-bond donors (Lipinski definition) is 2. The van der Waals surface area contributed by atoms with E-state index in [-0.39, 0.29) is 17.5 Å². The molecule has 0 radical (unpaired) electrons. The second kappa shape index (κ2) is 6.35. The molecule has 0 spiro atoms. The van der Waals surface area contributed by atoms with Crippen LogP contribution in [0.5, 0.6) is 5.75 Å². The van der Waals surface area contributed by atoms with Gasteiger partial charge < -0.3 is 14.8 Å². The molecule has 1 aliphatic carbocycles. The number of nitrogens with one attached hydrogen (secondary N) is 1. The zero-order valence-electron chi connectivity index (χ0n) is 16.1. The average molecular weight is 397 g/mol. The first kappa shape index (κ1) is 17.1. The third-order valence-electron chi connectivity index (χ3n) is 6.07. The smallest absolute Gasteiger partial charge is 0.209 e. The van der Waals surface area contributed by atoms with E-state index in [1.165, 1.54) is 0 Å². The molecule has 1 aliphatic heterocycles. The number of anilines is 1. The van der Waals surface area contributed by atoms with Crippen molar-refractivity contribution in [3.05, 3.63) is 89.5 Å². The van der Waals surface area contributed by atoms with E-state index in [0.29, 0.717) is 29.9 Å². The molecule has 148 valence electrons. The summed E-state index contributed by atoms with van der Waals surface area (Å²) in [5, 5.41) is 14.1. The van der Waals surface area contributed by atoms with Crippen molar-refractivity contribution in [1.82, 2.24) is 9.55 Å². The summed E-state index contributed by atoms with van der Waals surface area (Å²) >= 11 is 0. The average Bonchev–Trinajstić information content (AvgIpc) is 3.40. The number of benzene rings is 2. The Hall–Kier alpha value is -3.80. The number of allylic oxidation sites excluding steroid dienone is 2. The third kappa shape index (κ3) is 2.43. The number of furan rings is 1. The minimum Gasteiger partial charge on any atom is -0.508 e. The van der Waals surface area contributed by atoms with Gasteiger partial charge in [-0.2, -0.15) is 0 Å². The lowest BCUT2D eigenvalue weighted by atomic mass is 9.79. The van der Waals surface area contributed by atoms with Crippen LogP contribution in [0.1, 0.15) is 36.1 Å². The number of carbonyl (C=O) groups is 1. The highest BCUT2D eigenvalue weighted by molar-refractivity contribution is 6.01. The van der Waals surface area contributed by atoms with E-state index < -0.39 is 6.04 Å². The quantitative estimate of drug-likeness (QED) is 0.510. The van der Waals surface area contributed by atoms with Crippen molar-refractivity contribution >= 4 is 22.8 Å². The highest BCUT2D eigenvalue weighted by atomic mass is 16.3. The summed E-state index contributed by atoms with van der Waals surface area (Å²) in [7, 11) is 0.